The number of nitrogens with one attached hydrogen (secondary N) is 1. The Morgan fingerprint density at radius 3 is 2.53 bits per heavy atom. The van der Waals surface area contributed by atoms with Crippen LogP contribution in [-0.4, -0.2) is 11.4 Å². The third-order valence-electron chi connectivity index (χ3n) is 2.30. The predicted octanol–water partition coefficient (Wildman–Crippen LogP) is 3.76. The van der Waals surface area contributed by atoms with E-state index < -0.39 is 0 Å². The number of alkyl halides is 1. The first kappa shape index (κ1) is 12.8. The van der Waals surface area contributed by atoms with Crippen molar-refractivity contribution in [1.29, 1.82) is 0 Å². The molecule has 0 radical (unpaired) electrons. The molecule has 1 aromatic rings. The molecule has 0 aliphatic heterocycles. The maximum Gasteiger partial charge on any atom is 0.0453 e. The summed E-state index contributed by atoms with van der Waals surface area (Å²) in [5.41, 5.74) is 2.23. The van der Waals surface area contributed by atoms with Gasteiger partial charge in [-0.25, -0.2) is 0 Å². The van der Waals surface area contributed by atoms with Gasteiger partial charge in [0, 0.05) is 23.0 Å². The molecule has 3 heteroatoms. The van der Waals surface area contributed by atoms with Gasteiger partial charge in [0.2, 0.25) is 0 Å². The molecule has 0 saturated heterocycles. The number of benzene rings is 1. The van der Waals surface area contributed by atoms with E-state index >= 15 is 0 Å². The van der Waals surface area contributed by atoms with Crippen LogP contribution in [0, 0.1) is 6.92 Å². The molecular formula is C12H17Cl2N. The van der Waals surface area contributed by atoms with E-state index in [2.05, 4.69) is 31.3 Å². The fourth-order valence-corrected chi connectivity index (χ4v) is 1.57. The van der Waals surface area contributed by atoms with E-state index in [1.165, 1.54) is 5.56 Å². The molecular weight excluding hydrogens is 229 g/mol. The quantitative estimate of drug-likeness (QED) is 0.797. The summed E-state index contributed by atoms with van der Waals surface area (Å²) in [6.45, 7) is 6.93. The Morgan fingerprint density at radius 1 is 1.33 bits per heavy atom. The van der Waals surface area contributed by atoms with Gasteiger partial charge < -0.3 is 5.32 Å². The van der Waals surface area contributed by atoms with Crippen LogP contribution in [0.15, 0.2) is 18.2 Å². The minimum Gasteiger partial charge on any atom is -0.306 e. The summed E-state index contributed by atoms with van der Waals surface area (Å²) in [4.78, 5) is 0. The van der Waals surface area contributed by atoms with Crippen molar-refractivity contribution >= 4 is 23.2 Å². The molecule has 0 aromatic heterocycles. The summed E-state index contributed by atoms with van der Waals surface area (Å²) < 4.78 is 0. The van der Waals surface area contributed by atoms with Crippen LogP contribution in [-0.2, 0) is 6.54 Å². The maximum atomic E-state index is 6.13. The van der Waals surface area contributed by atoms with Crippen LogP contribution in [0.3, 0.4) is 0 Å². The molecule has 0 bridgehead atoms. The lowest BCUT2D eigenvalue weighted by Gasteiger charge is -2.23. The van der Waals surface area contributed by atoms with Gasteiger partial charge >= 0.3 is 0 Å². The van der Waals surface area contributed by atoms with Crippen LogP contribution >= 0.6 is 23.2 Å². The van der Waals surface area contributed by atoms with Crippen LogP contribution < -0.4 is 5.32 Å². The Morgan fingerprint density at radius 2 is 2.00 bits per heavy atom. The van der Waals surface area contributed by atoms with Gasteiger partial charge in [-0.15, -0.1) is 11.6 Å². The fourth-order valence-electron chi connectivity index (χ4n) is 1.18. The zero-order chi connectivity index (χ0) is 11.5. The average molecular weight is 246 g/mol. The van der Waals surface area contributed by atoms with E-state index in [1.54, 1.807) is 0 Å². The lowest BCUT2D eigenvalue weighted by molar-refractivity contribution is 0.429. The topological polar surface area (TPSA) is 12.0 Å². The molecule has 0 saturated carbocycles. The summed E-state index contributed by atoms with van der Waals surface area (Å²) in [6.07, 6.45) is 0. The van der Waals surface area contributed by atoms with E-state index in [0.29, 0.717) is 5.88 Å². The summed E-state index contributed by atoms with van der Waals surface area (Å²) in [5, 5.41) is 4.18. The molecule has 0 amide bonds. The number of hydrogen-bond donors (Lipinski definition) is 1. The summed E-state index contributed by atoms with van der Waals surface area (Å²) in [6, 6.07) is 6.10. The van der Waals surface area contributed by atoms with Crippen molar-refractivity contribution in [1.82, 2.24) is 5.32 Å². The minimum absolute atomic E-state index is 0.0598. The molecule has 0 atom stereocenters. The molecule has 0 heterocycles. The summed E-state index contributed by atoms with van der Waals surface area (Å²) in [7, 11) is 0. The van der Waals surface area contributed by atoms with E-state index in [0.717, 1.165) is 17.1 Å². The zero-order valence-corrected chi connectivity index (χ0v) is 10.9. The number of rotatable bonds is 4. The first-order valence-electron chi connectivity index (χ1n) is 5.00. The van der Waals surface area contributed by atoms with Crippen molar-refractivity contribution in [3.8, 4) is 0 Å². The highest BCUT2D eigenvalue weighted by Gasteiger charge is 2.15. The molecule has 1 aromatic carbocycles. The van der Waals surface area contributed by atoms with Gasteiger partial charge in [0.25, 0.3) is 0 Å². The average Bonchev–Trinajstić information content (AvgIpc) is 2.16. The molecule has 15 heavy (non-hydrogen) atoms. The SMILES string of the molecule is Cc1ccc(CNC(C)(C)CCl)c(Cl)c1. The Labute approximate surface area is 102 Å². The first-order chi connectivity index (χ1) is 6.94. The molecule has 1 N–H and O–H groups in total. The minimum atomic E-state index is -0.0598. The zero-order valence-electron chi connectivity index (χ0n) is 9.40. The predicted molar refractivity (Wildman–Crippen MR) is 67.8 cm³/mol. The largest absolute Gasteiger partial charge is 0.306 e. The maximum absolute atomic E-state index is 6.13. The van der Waals surface area contributed by atoms with Crippen molar-refractivity contribution in [3.05, 3.63) is 34.3 Å². The Balaban J connectivity index is 2.66. The van der Waals surface area contributed by atoms with Gasteiger partial charge in [0.05, 0.1) is 0 Å². The van der Waals surface area contributed by atoms with Gasteiger partial charge in [0.15, 0.2) is 0 Å². The third-order valence-corrected chi connectivity index (χ3v) is 3.32. The normalized spacial score (nSPS) is 11.8. The van der Waals surface area contributed by atoms with Crippen LogP contribution in [0.25, 0.3) is 0 Å². The van der Waals surface area contributed by atoms with E-state index in [-0.39, 0.29) is 5.54 Å². The van der Waals surface area contributed by atoms with Gasteiger partial charge in [0.1, 0.15) is 0 Å². The van der Waals surface area contributed by atoms with Crippen LogP contribution in [0.4, 0.5) is 0 Å². The highest BCUT2D eigenvalue weighted by atomic mass is 35.5. The van der Waals surface area contributed by atoms with Crippen molar-refractivity contribution in [2.75, 3.05) is 5.88 Å². The Kier molecular flexibility index (Phi) is 4.45. The van der Waals surface area contributed by atoms with E-state index in [4.69, 9.17) is 23.2 Å². The number of aryl methyl sites for hydroxylation is 1. The van der Waals surface area contributed by atoms with Crippen molar-refractivity contribution in [2.45, 2.75) is 32.9 Å². The van der Waals surface area contributed by atoms with Crippen LogP contribution in [0.1, 0.15) is 25.0 Å². The van der Waals surface area contributed by atoms with E-state index in [1.807, 2.05) is 13.0 Å². The highest BCUT2D eigenvalue weighted by molar-refractivity contribution is 6.31. The van der Waals surface area contributed by atoms with Crippen molar-refractivity contribution in [3.63, 3.8) is 0 Å². The highest BCUT2D eigenvalue weighted by Crippen LogP contribution is 2.18. The van der Waals surface area contributed by atoms with Crippen LogP contribution in [0.5, 0.6) is 0 Å². The Hall–Kier alpha value is -0.240. The Bertz CT molecular complexity index is 334. The van der Waals surface area contributed by atoms with Crippen molar-refractivity contribution in [2.24, 2.45) is 0 Å². The smallest absolute Gasteiger partial charge is 0.0453 e. The van der Waals surface area contributed by atoms with Crippen molar-refractivity contribution < 1.29 is 0 Å². The van der Waals surface area contributed by atoms with Gasteiger partial charge in [-0.2, -0.15) is 0 Å². The number of halogens is 2. The molecule has 84 valence electrons. The van der Waals surface area contributed by atoms with Gasteiger partial charge in [-0.3, -0.25) is 0 Å². The van der Waals surface area contributed by atoms with Gasteiger partial charge in [-0.1, -0.05) is 23.7 Å². The molecule has 0 aliphatic carbocycles. The standard InChI is InChI=1S/C12H17Cl2N/c1-9-4-5-10(11(14)6-9)7-15-12(2,3)8-13/h4-6,15H,7-8H2,1-3H3. The third kappa shape index (κ3) is 4.02. The lowest BCUT2D eigenvalue weighted by Crippen LogP contribution is -2.40. The monoisotopic (exact) mass is 245 g/mol. The van der Waals surface area contributed by atoms with E-state index in [9.17, 15) is 0 Å². The molecule has 0 unspecified atom stereocenters. The molecule has 1 rings (SSSR count). The second-order valence-corrected chi connectivity index (χ2v) is 5.14. The molecule has 0 fully saturated rings. The molecule has 1 nitrogen and oxygen atoms in total. The second-order valence-electron chi connectivity index (χ2n) is 4.47. The molecule has 0 aliphatic rings. The number of hydrogen-bond acceptors (Lipinski definition) is 1. The second kappa shape index (κ2) is 5.20. The summed E-state index contributed by atoms with van der Waals surface area (Å²) >= 11 is 12.0. The van der Waals surface area contributed by atoms with Crippen LogP contribution in [0.2, 0.25) is 5.02 Å². The fraction of sp³-hybridized carbons (Fsp3) is 0.500. The molecule has 0 spiro atoms. The lowest BCUT2D eigenvalue weighted by atomic mass is 10.1. The van der Waals surface area contributed by atoms with Gasteiger partial charge in [-0.05, 0) is 38.0 Å². The first-order valence-corrected chi connectivity index (χ1v) is 5.92. The summed E-state index contributed by atoms with van der Waals surface area (Å²) in [5.74, 6) is 0.580.